The number of hydrogen-bond acceptors (Lipinski definition) is 4. The Morgan fingerprint density at radius 1 is 1.11 bits per heavy atom. The second kappa shape index (κ2) is 11.4. The summed E-state index contributed by atoms with van der Waals surface area (Å²) in [5.41, 5.74) is 1.17. The van der Waals surface area contributed by atoms with Crippen molar-refractivity contribution in [2.24, 2.45) is 0 Å². The van der Waals surface area contributed by atoms with Crippen molar-refractivity contribution >= 4 is 11.9 Å². The Hall–Kier alpha value is -2.38. The highest BCUT2D eigenvalue weighted by Gasteiger charge is 2.28. The third-order valence-electron chi connectivity index (χ3n) is 4.26. The van der Waals surface area contributed by atoms with E-state index in [9.17, 15) is 14.7 Å². The summed E-state index contributed by atoms with van der Waals surface area (Å²) >= 11 is 0. The van der Waals surface area contributed by atoms with Gasteiger partial charge >= 0.3 is 6.03 Å². The van der Waals surface area contributed by atoms with Crippen molar-refractivity contribution in [3.8, 4) is 0 Å². The van der Waals surface area contributed by atoms with Gasteiger partial charge in [-0.1, -0.05) is 49.4 Å². The Balaban J connectivity index is 1.75. The third kappa shape index (κ3) is 7.40. The van der Waals surface area contributed by atoms with Crippen LogP contribution in [-0.4, -0.2) is 55.0 Å². The van der Waals surface area contributed by atoms with Gasteiger partial charge in [0.15, 0.2) is 0 Å². The van der Waals surface area contributed by atoms with Crippen LogP contribution in [0.3, 0.4) is 0 Å². The Labute approximate surface area is 160 Å². The number of rotatable bonds is 9. The molecular formula is C20H29N3O4. The van der Waals surface area contributed by atoms with Crippen LogP contribution >= 0.6 is 0 Å². The smallest absolute Gasteiger partial charge is 0.315 e. The molecule has 3 amide bonds. The number of aliphatic hydroxyl groups is 1. The van der Waals surface area contributed by atoms with Gasteiger partial charge in [-0.3, -0.25) is 4.79 Å². The fourth-order valence-electron chi connectivity index (χ4n) is 2.82. The van der Waals surface area contributed by atoms with E-state index in [1.54, 1.807) is 12.2 Å². The number of amides is 3. The van der Waals surface area contributed by atoms with Crippen molar-refractivity contribution in [3.63, 3.8) is 0 Å². The van der Waals surface area contributed by atoms with E-state index in [-0.39, 0.29) is 25.0 Å². The molecule has 0 spiro atoms. The van der Waals surface area contributed by atoms with Crippen molar-refractivity contribution in [1.29, 1.82) is 0 Å². The van der Waals surface area contributed by atoms with Crippen molar-refractivity contribution in [2.45, 2.75) is 44.4 Å². The highest BCUT2D eigenvalue weighted by molar-refractivity contribution is 5.77. The SMILES string of the molecule is CCCNC(=O)N[C@@H]1C=C[C@@H](CC(=O)NCCc2ccccc2)O[C@@H]1CO. The van der Waals surface area contributed by atoms with Crippen LogP contribution in [-0.2, 0) is 16.0 Å². The molecule has 1 aromatic rings. The van der Waals surface area contributed by atoms with Gasteiger partial charge < -0.3 is 25.8 Å². The predicted octanol–water partition coefficient (Wildman–Crippen LogP) is 1.13. The molecule has 7 heteroatoms. The first-order valence-electron chi connectivity index (χ1n) is 9.42. The molecule has 0 unspecified atom stereocenters. The van der Waals surface area contributed by atoms with Crippen LogP contribution in [0.2, 0.25) is 0 Å². The van der Waals surface area contributed by atoms with Gasteiger partial charge in [-0.05, 0) is 18.4 Å². The molecule has 4 N–H and O–H groups in total. The van der Waals surface area contributed by atoms with Crippen LogP contribution < -0.4 is 16.0 Å². The molecule has 0 saturated carbocycles. The molecule has 3 atom stereocenters. The van der Waals surface area contributed by atoms with Gasteiger partial charge in [0.1, 0.15) is 6.10 Å². The van der Waals surface area contributed by atoms with E-state index in [1.807, 2.05) is 37.3 Å². The van der Waals surface area contributed by atoms with Crippen LogP contribution in [0.5, 0.6) is 0 Å². The van der Waals surface area contributed by atoms with E-state index in [1.165, 1.54) is 5.56 Å². The molecule has 2 rings (SSSR count). The lowest BCUT2D eigenvalue weighted by Crippen LogP contribution is -2.51. The quantitative estimate of drug-likeness (QED) is 0.486. The first-order valence-corrected chi connectivity index (χ1v) is 9.42. The number of benzene rings is 1. The second-order valence-corrected chi connectivity index (χ2v) is 6.50. The van der Waals surface area contributed by atoms with E-state index in [4.69, 9.17) is 4.74 Å². The zero-order chi connectivity index (χ0) is 19.5. The zero-order valence-corrected chi connectivity index (χ0v) is 15.7. The molecule has 27 heavy (non-hydrogen) atoms. The van der Waals surface area contributed by atoms with Crippen LogP contribution in [0.1, 0.15) is 25.3 Å². The Morgan fingerprint density at radius 2 is 1.89 bits per heavy atom. The Bertz CT molecular complexity index is 621. The Morgan fingerprint density at radius 3 is 2.59 bits per heavy atom. The summed E-state index contributed by atoms with van der Waals surface area (Å²) in [6.07, 6.45) is 4.32. The molecule has 1 heterocycles. The van der Waals surface area contributed by atoms with E-state index in [0.29, 0.717) is 13.1 Å². The monoisotopic (exact) mass is 375 g/mol. The number of carbonyl (C=O) groups is 2. The molecular weight excluding hydrogens is 346 g/mol. The summed E-state index contributed by atoms with van der Waals surface area (Å²) in [4.78, 5) is 23.9. The van der Waals surface area contributed by atoms with Gasteiger partial charge in [0.05, 0.1) is 25.2 Å². The first-order chi connectivity index (χ1) is 13.1. The van der Waals surface area contributed by atoms with Gasteiger partial charge in [0.2, 0.25) is 5.91 Å². The van der Waals surface area contributed by atoms with Crippen molar-refractivity contribution in [2.75, 3.05) is 19.7 Å². The summed E-state index contributed by atoms with van der Waals surface area (Å²) in [5.74, 6) is -0.107. The van der Waals surface area contributed by atoms with E-state index < -0.39 is 18.2 Å². The van der Waals surface area contributed by atoms with Gasteiger partial charge in [-0.2, -0.15) is 0 Å². The fraction of sp³-hybridized carbons (Fsp3) is 0.500. The number of nitrogens with one attached hydrogen (secondary N) is 3. The minimum Gasteiger partial charge on any atom is -0.394 e. The van der Waals surface area contributed by atoms with Crippen LogP contribution in [0.4, 0.5) is 4.79 Å². The average Bonchev–Trinajstić information content (AvgIpc) is 2.68. The van der Waals surface area contributed by atoms with E-state index >= 15 is 0 Å². The largest absolute Gasteiger partial charge is 0.394 e. The lowest BCUT2D eigenvalue weighted by atomic mass is 10.0. The summed E-state index contributed by atoms with van der Waals surface area (Å²) in [7, 11) is 0. The zero-order valence-electron chi connectivity index (χ0n) is 15.7. The summed E-state index contributed by atoms with van der Waals surface area (Å²) < 4.78 is 5.75. The van der Waals surface area contributed by atoms with Crippen molar-refractivity contribution in [3.05, 3.63) is 48.0 Å². The highest BCUT2D eigenvalue weighted by atomic mass is 16.5. The normalized spacial score (nSPS) is 21.5. The number of carbonyl (C=O) groups excluding carboxylic acids is 2. The maximum absolute atomic E-state index is 12.1. The maximum atomic E-state index is 12.1. The number of urea groups is 1. The van der Waals surface area contributed by atoms with Crippen LogP contribution in [0.25, 0.3) is 0 Å². The fourth-order valence-corrected chi connectivity index (χ4v) is 2.82. The van der Waals surface area contributed by atoms with Gasteiger partial charge in [0, 0.05) is 13.1 Å². The minimum atomic E-state index is -0.579. The molecule has 0 radical (unpaired) electrons. The average molecular weight is 375 g/mol. The molecule has 1 aliphatic rings. The minimum absolute atomic E-state index is 0.107. The molecule has 1 aliphatic heterocycles. The van der Waals surface area contributed by atoms with E-state index in [2.05, 4.69) is 16.0 Å². The standard InChI is InChI=1S/C20H29N3O4/c1-2-11-22-20(26)23-17-9-8-16(27-18(17)14-24)13-19(25)21-12-10-15-6-4-3-5-7-15/h3-9,16-18,24H,2,10-14H2,1H3,(H,21,25)(H2,22,23,26)/t16-,17+,18+/m0/s1. The lowest BCUT2D eigenvalue weighted by molar-refractivity contribution is -0.125. The van der Waals surface area contributed by atoms with Gasteiger partial charge in [0.25, 0.3) is 0 Å². The molecule has 0 aromatic heterocycles. The summed E-state index contributed by atoms with van der Waals surface area (Å²) in [6, 6.07) is 9.22. The molecule has 148 valence electrons. The highest BCUT2D eigenvalue weighted by Crippen LogP contribution is 2.15. The van der Waals surface area contributed by atoms with Crippen LogP contribution in [0.15, 0.2) is 42.5 Å². The van der Waals surface area contributed by atoms with Gasteiger partial charge in [-0.25, -0.2) is 4.79 Å². The van der Waals surface area contributed by atoms with Crippen molar-refractivity contribution < 1.29 is 19.4 Å². The molecule has 0 bridgehead atoms. The summed E-state index contributed by atoms with van der Waals surface area (Å²) in [6.45, 7) is 2.87. The molecule has 0 fully saturated rings. The number of aliphatic hydroxyl groups excluding tert-OH is 1. The number of ether oxygens (including phenoxy) is 1. The third-order valence-corrected chi connectivity index (χ3v) is 4.26. The molecule has 1 aromatic carbocycles. The topological polar surface area (TPSA) is 99.7 Å². The molecule has 0 saturated heterocycles. The molecule has 7 nitrogen and oxygen atoms in total. The Kier molecular flexibility index (Phi) is 8.80. The molecule has 0 aliphatic carbocycles. The second-order valence-electron chi connectivity index (χ2n) is 6.50. The predicted molar refractivity (Wildman–Crippen MR) is 103 cm³/mol. The van der Waals surface area contributed by atoms with Gasteiger partial charge in [-0.15, -0.1) is 0 Å². The number of hydrogen-bond donors (Lipinski definition) is 4. The van der Waals surface area contributed by atoms with Crippen molar-refractivity contribution in [1.82, 2.24) is 16.0 Å². The maximum Gasteiger partial charge on any atom is 0.315 e. The first kappa shape index (κ1) is 20.9. The summed E-state index contributed by atoms with van der Waals surface area (Å²) in [5, 5.41) is 17.9. The van der Waals surface area contributed by atoms with Crippen LogP contribution in [0, 0.1) is 0 Å². The lowest BCUT2D eigenvalue weighted by Gasteiger charge is -2.31. The van der Waals surface area contributed by atoms with E-state index in [0.717, 1.165) is 12.8 Å².